The first-order chi connectivity index (χ1) is 15.4. The van der Waals surface area contributed by atoms with E-state index in [1.807, 2.05) is 0 Å². The van der Waals surface area contributed by atoms with Crippen molar-refractivity contribution in [2.75, 3.05) is 0 Å². The normalized spacial score (nSPS) is 11.2. The third-order valence-corrected chi connectivity index (χ3v) is 6.02. The first kappa shape index (κ1) is 17.7. The van der Waals surface area contributed by atoms with E-state index in [1.165, 1.54) is 54.1 Å². The van der Waals surface area contributed by atoms with E-state index in [0.29, 0.717) is 0 Å². The topological polar surface area (TPSA) is 15.8 Å². The number of fused-ring (bicyclic) bond motifs is 7. The van der Waals surface area contributed by atoms with Crippen LogP contribution in [0.2, 0.25) is 0 Å². The molecule has 1 heteroatoms. The number of benzene rings is 6. The minimum Gasteiger partial charge on any atom is -0.355 e. The van der Waals surface area contributed by atoms with E-state index in [4.69, 9.17) is 0 Å². The van der Waals surface area contributed by atoms with E-state index in [0.717, 1.165) is 0 Å². The van der Waals surface area contributed by atoms with Gasteiger partial charge in [-0.2, -0.15) is 0 Å². The number of para-hydroxylation sites is 2. The van der Waals surface area contributed by atoms with Crippen molar-refractivity contribution in [3.63, 3.8) is 0 Å². The molecule has 0 saturated heterocycles. The highest BCUT2D eigenvalue weighted by molar-refractivity contribution is 6.12. The van der Waals surface area contributed by atoms with Gasteiger partial charge in [0, 0.05) is 21.8 Å². The fraction of sp³-hybridized carbons (Fsp3) is 0. The third-order valence-electron chi connectivity index (χ3n) is 6.02. The lowest BCUT2D eigenvalue weighted by Crippen LogP contribution is -1.79. The van der Waals surface area contributed by atoms with Gasteiger partial charge in [-0.25, -0.2) is 0 Å². The lowest BCUT2D eigenvalue weighted by Gasteiger charge is -2.06. The predicted molar refractivity (Wildman–Crippen MR) is 135 cm³/mol. The van der Waals surface area contributed by atoms with Crippen molar-refractivity contribution in [1.82, 2.24) is 4.98 Å². The molecule has 0 fully saturated rings. The second kappa shape index (κ2) is 7.30. The molecule has 0 radical (unpaired) electrons. The van der Waals surface area contributed by atoms with Crippen LogP contribution in [0, 0.1) is 0 Å². The lowest BCUT2D eigenvalue weighted by molar-refractivity contribution is 1.55. The van der Waals surface area contributed by atoms with Gasteiger partial charge in [0.2, 0.25) is 0 Å². The molecular formula is C30H21N. The molecular weight excluding hydrogens is 374 g/mol. The number of aromatic amines is 1. The van der Waals surface area contributed by atoms with Gasteiger partial charge in [-0.1, -0.05) is 97.1 Å². The molecule has 0 saturated carbocycles. The first-order valence-corrected chi connectivity index (χ1v) is 10.6. The van der Waals surface area contributed by atoms with Crippen LogP contribution in [0.25, 0.3) is 54.1 Å². The van der Waals surface area contributed by atoms with Crippen LogP contribution in [-0.2, 0) is 0 Å². The monoisotopic (exact) mass is 395 g/mol. The molecule has 0 aliphatic heterocycles. The van der Waals surface area contributed by atoms with Gasteiger partial charge >= 0.3 is 0 Å². The Hall–Kier alpha value is -4.10. The van der Waals surface area contributed by atoms with Gasteiger partial charge in [-0.3, -0.25) is 0 Å². The highest BCUT2D eigenvalue weighted by atomic mass is 14.7. The Morgan fingerprint density at radius 1 is 0.323 bits per heavy atom. The van der Waals surface area contributed by atoms with Crippen LogP contribution < -0.4 is 0 Å². The Bertz CT molecular complexity index is 1630. The van der Waals surface area contributed by atoms with Crippen molar-refractivity contribution < 1.29 is 0 Å². The van der Waals surface area contributed by atoms with Gasteiger partial charge < -0.3 is 4.98 Å². The number of hydrogen-bond donors (Lipinski definition) is 1. The van der Waals surface area contributed by atoms with Crippen LogP contribution in [0.3, 0.4) is 0 Å². The van der Waals surface area contributed by atoms with E-state index in [9.17, 15) is 0 Å². The van der Waals surface area contributed by atoms with Gasteiger partial charge in [-0.15, -0.1) is 0 Å². The number of H-pyrrole nitrogens is 1. The maximum Gasteiger partial charge on any atom is 0.0464 e. The average molecular weight is 396 g/mol. The minimum absolute atomic E-state index is 1.21. The predicted octanol–water partition coefficient (Wildman–Crippen LogP) is 8.47. The van der Waals surface area contributed by atoms with Crippen molar-refractivity contribution in [3.8, 4) is 0 Å². The summed E-state index contributed by atoms with van der Waals surface area (Å²) in [5.41, 5.74) is 2.42. The van der Waals surface area contributed by atoms with Crippen LogP contribution in [0.15, 0.2) is 121 Å². The Kier molecular flexibility index (Phi) is 4.18. The SMILES string of the molecule is c1ccc2c(c1)[nH]c1ccccc12.c1ccc2cc3c(ccc4ccccc43)cc2c1. The van der Waals surface area contributed by atoms with E-state index in [2.05, 4.69) is 126 Å². The van der Waals surface area contributed by atoms with E-state index < -0.39 is 0 Å². The fourth-order valence-electron chi connectivity index (χ4n) is 4.50. The minimum atomic E-state index is 1.21. The zero-order chi connectivity index (χ0) is 20.6. The molecule has 1 aromatic heterocycles. The summed E-state index contributed by atoms with van der Waals surface area (Å²) in [5.74, 6) is 0. The molecule has 7 rings (SSSR count). The van der Waals surface area contributed by atoms with E-state index >= 15 is 0 Å². The molecule has 31 heavy (non-hydrogen) atoms. The summed E-state index contributed by atoms with van der Waals surface area (Å²) < 4.78 is 0. The van der Waals surface area contributed by atoms with Crippen molar-refractivity contribution in [2.45, 2.75) is 0 Å². The number of nitrogens with one attached hydrogen (secondary N) is 1. The first-order valence-electron chi connectivity index (χ1n) is 10.6. The molecule has 1 N–H and O–H groups in total. The average Bonchev–Trinajstić information content (AvgIpc) is 3.22. The van der Waals surface area contributed by atoms with Gasteiger partial charge in [-0.05, 0) is 56.6 Å². The Labute approximate surface area is 180 Å². The number of rotatable bonds is 0. The highest BCUT2D eigenvalue weighted by Crippen LogP contribution is 2.29. The largest absolute Gasteiger partial charge is 0.355 e. The van der Waals surface area contributed by atoms with Crippen molar-refractivity contribution >= 4 is 54.1 Å². The fourth-order valence-corrected chi connectivity index (χ4v) is 4.50. The molecule has 1 heterocycles. The molecule has 6 aromatic carbocycles. The molecule has 0 aliphatic carbocycles. The maximum absolute atomic E-state index is 3.38. The Morgan fingerprint density at radius 3 is 1.48 bits per heavy atom. The summed E-state index contributed by atoms with van der Waals surface area (Å²) >= 11 is 0. The second-order valence-corrected chi connectivity index (χ2v) is 7.92. The Morgan fingerprint density at radius 2 is 0.806 bits per heavy atom. The van der Waals surface area contributed by atoms with Crippen molar-refractivity contribution in [3.05, 3.63) is 121 Å². The maximum atomic E-state index is 3.38. The van der Waals surface area contributed by atoms with Crippen LogP contribution in [0.4, 0.5) is 0 Å². The van der Waals surface area contributed by atoms with Gasteiger partial charge in [0.1, 0.15) is 0 Å². The summed E-state index contributed by atoms with van der Waals surface area (Å²) in [4.78, 5) is 3.38. The zero-order valence-electron chi connectivity index (χ0n) is 17.0. The smallest absolute Gasteiger partial charge is 0.0464 e. The molecule has 146 valence electrons. The van der Waals surface area contributed by atoms with E-state index in [1.54, 1.807) is 0 Å². The Balaban J connectivity index is 0.000000126. The standard InChI is InChI=1S/C18H12.C12H9N/c1-2-7-15-12-18-16(11-14(15)6-1)10-9-13-5-3-4-8-17(13)18;1-3-7-11-9(5-1)10-6-2-4-8-12(10)13-11/h1-12H;1-8,13H. The van der Waals surface area contributed by atoms with Crippen molar-refractivity contribution in [1.29, 1.82) is 0 Å². The molecule has 7 aromatic rings. The third kappa shape index (κ3) is 3.12. The molecule has 0 bridgehead atoms. The molecule has 0 spiro atoms. The highest BCUT2D eigenvalue weighted by Gasteiger charge is 2.02. The van der Waals surface area contributed by atoms with Crippen molar-refractivity contribution in [2.24, 2.45) is 0 Å². The summed E-state index contributed by atoms with van der Waals surface area (Å²) in [7, 11) is 0. The van der Waals surface area contributed by atoms with Gasteiger partial charge in [0.05, 0.1) is 0 Å². The summed E-state index contributed by atoms with van der Waals surface area (Å²) in [6.07, 6.45) is 0. The molecule has 0 unspecified atom stereocenters. The van der Waals surface area contributed by atoms with E-state index in [-0.39, 0.29) is 0 Å². The van der Waals surface area contributed by atoms with Gasteiger partial charge in [0.25, 0.3) is 0 Å². The van der Waals surface area contributed by atoms with Gasteiger partial charge in [0.15, 0.2) is 0 Å². The molecule has 0 aliphatic rings. The summed E-state index contributed by atoms with van der Waals surface area (Å²) in [5, 5.41) is 10.5. The van der Waals surface area contributed by atoms with Crippen LogP contribution in [0.1, 0.15) is 0 Å². The quantitative estimate of drug-likeness (QED) is 0.196. The number of aromatic nitrogens is 1. The number of hydrogen-bond acceptors (Lipinski definition) is 0. The molecule has 0 atom stereocenters. The summed E-state index contributed by atoms with van der Waals surface area (Å²) in [6, 6.07) is 42.9. The summed E-state index contributed by atoms with van der Waals surface area (Å²) in [6.45, 7) is 0. The van der Waals surface area contributed by atoms with Crippen LogP contribution in [0.5, 0.6) is 0 Å². The lowest BCUT2D eigenvalue weighted by atomic mass is 9.98. The zero-order valence-corrected chi connectivity index (χ0v) is 17.0. The molecule has 0 amide bonds. The van der Waals surface area contributed by atoms with Crippen LogP contribution >= 0.6 is 0 Å². The van der Waals surface area contributed by atoms with Crippen LogP contribution in [-0.4, -0.2) is 4.98 Å². The molecule has 1 nitrogen and oxygen atoms in total. The second-order valence-electron chi connectivity index (χ2n) is 7.92.